The summed E-state index contributed by atoms with van der Waals surface area (Å²) in [4.78, 5) is 10.8. The summed E-state index contributed by atoms with van der Waals surface area (Å²) >= 11 is 0. The molecule has 0 fully saturated rings. The molecule has 0 aromatic heterocycles. The van der Waals surface area contributed by atoms with Gasteiger partial charge >= 0.3 is 5.97 Å². The van der Waals surface area contributed by atoms with Crippen LogP contribution in [-0.2, 0) is 16.3 Å². The fourth-order valence-corrected chi connectivity index (χ4v) is 1.90. The molecule has 0 aliphatic carbocycles. The molecule has 88 valence electrons. The van der Waals surface area contributed by atoms with Gasteiger partial charge in [-0.15, -0.1) is 0 Å². The van der Waals surface area contributed by atoms with Crippen LogP contribution in [0.2, 0.25) is 0 Å². The predicted octanol–water partition coefficient (Wildman–Crippen LogP) is 0.554. The molecule has 0 atom stereocenters. The summed E-state index contributed by atoms with van der Waals surface area (Å²) in [5, 5.41) is 8.82. The first-order valence-corrected chi connectivity index (χ1v) is 6.65. The lowest BCUT2D eigenvalue weighted by Gasteiger charge is -2.07. The fourth-order valence-electron chi connectivity index (χ4n) is 1.31. The molecule has 6 heteroatoms. The second-order valence-corrected chi connectivity index (χ2v) is 5.82. The molecular formula is C10H13NO4S. The highest BCUT2D eigenvalue weighted by atomic mass is 32.2. The number of nitrogen functional groups attached to an aromatic ring is 1. The van der Waals surface area contributed by atoms with Crippen LogP contribution in [0.5, 0.6) is 0 Å². The number of carbonyl (C=O) groups is 1. The van der Waals surface area contributed by atoms with E-state index in [0.29, 0.717) is 5.56 Å². The molecule has 5 nitrogen and oxygen atoms in total. The number of carboxylic acid groups (broad SMARTS) is 1. The van der Waals surface area contributed by atoms with E-state index in [1.54, 1.807) is 12.1 Å². The average molecular weight is 243 g/mol. The van der Waals surface area contributed by atoms with Crippen LogP contribution < -0.4 is 5.73 Å². The van der Waals surface area contributed by atoms with Crippen LogP contribution >= 0.6 is 0 Å². The topological polar surface area (TPSA) is 97.5 Å². The van der Waals surface area contributed by atoms with Crippen LogP contribution in [0.15, 0.2) is 18.2 Å². The van der Waals surface area contributed by atoms with E-state index in [0.717, 1.165) is 6.26 Å². The molecular weight excluding hydrogens is 230 g/mol. The van der Waals surface area contributed by atoms with Gasteiger partial charge < -0.3 is 10.8 Å². The third kappa shape index (κ3) is 3.23. The first-order valence-electron chi connectivity index (χ1n) is 4.59. The van der Waals surface area contributed by atoms with Gasteiger partial charge in [-0.3, -0.25) is 0 Å². The van der Waals surface area contributed by atoms with E-state index in [4.69, 9.17) is 10.8 Å². The van der Waals surface area contributed by atoms with Crippen LogP contribution in [0.4, 0.5) is 5.69 Å². The molecule has 0 bridgehead atoms. The first kappa shape index (κ1) is 12.5. The Kier molecular flexibility index (Phi) is 3.54. The van der Waals surface area contributed by atoms with Crippen LogP contribution in [0, 0.1) is 0 Å². The zero-order valence-corrected chi connectivity index (χ0v) is 9.62. The maximum absolute atomic E-state index is 11.0. The SMILES string of the molecule is CS(=O)(=O)CCc1cccc(C(=O)O)c1N. The Morgan fingerprint density at radius 1 is 1.44 bits per heavy atom. The van der Waals surface area contributed by atoms with Crippen molar-refractivity contribution in [2.75, 3.05) is 17.7 Å². The quantitative estimate of drug-likeness (QED) is 0.753. The number of benzene rings is 1. The summed E-state index contributed by atoms with van der Waals surface area (Å²) in [6, 6.07) is 4.58. The molecule has 0 heterocycles. The van der Waals surface area contributed by atoms with Crippen molar-refractivity contribution in [3.8, 4) is 0 Å². The van der Waals surface area contributed by atoms with Gasteiger partial charge in [0.15, 0.2) is 0 Å². The maximum atomic E-state index is 11.0. The lowest BCUT2D eigenvalue weighted by atomic mass is 10.1. The number of nitrogens with two attached hydrogens (primary N) is 1. The van der Waals surface area contributed by atoms with Crippen LogP contribution in [0.25, 0.3) is 0 Å². The molecule has 0 unspecified atom stereocenters. The number of carboxylic acids is 1. The van der Waals surface area contributed by atoms with E-state index < -0.39 is 15.8 Å². The van der Waals surface area contributed by atoms with E-state index in [1.807, 2.05) is 0 Å². The Morgan fingerprint density at radius 3 is 2.56 bits per heavy atom. The molecule has 1 aromatic rings. The number of hydrogen-bond donors (Lipinski definition) is 2. The molecule has 16 heavy (non-hydrogen) atoms. The summed E-state index contributed by atoms with van der Waals surface area (Å²) in [6.07, 6.45) is 1.36. The zero-order chi connectivity index (χ0) is 12.3. The Hall–Kier alpha value is -1.56. The fraction of sp³-hybridized carbons (Fsp3) is 0.300. The highest BCUT2D eigenvalue weighted by molar-refractivity contribution is 7.90. The summed E-state index contributed by atoms with van der Waals surface area (Å²) in [6.45, 7) is 0. The van der Waals surface area contributed by atoms with Gasteiger partial charge in [0.05, 0.1) is 11.3 Å². The Bertz CT molecular complexity index is 508. The monoisotopic (exact) mass is 243 g/mol. The third-order valence-corrected chi connectivity index (χ3v) is 3.11. The van der Waals surface area contributed by atoms with Gasteiger partial charge in [-0.05, 0) is 18.1 Å². The van der Waals surface area contributed by atoms with Gasteiger partial charge in [-0.25, -0.2) is 13.2 Å². The molecule has 0 saturated carbocycles. The molecule has 0 aliphatic rings. The third-order valence-electron chi connectivity index (χ3n) is 2.17. The lowest BCUT2D eigenvalue weighted by molar-refractivity contribution is 0.0698. The van der Waals surface area contributed by atoms with Crippen molar-refractivity contribution in [3.05, 3.63) is 29.3 Å². The standard InChI is InChI=1S/C10H13NO4S/c1-16(14,15)6-5-7-3-2-4-8(9(7)11)10(12)13/h2-4H,5-6,11H2,1H3,(H,12,13). The number of rotatable bonds is 4. The van der Waals surface area contributed by atoms with Gasteiger partial charge in [-0.2, -0.15) is 0 Å². The summed E-state index contributed by atoms with van der Waals surface area (Å²) in [7, 11) is -3.08. The Labute approximate surface area is 93.8 Å². The van der Waals surface area contributed by atoms with E-state index in [9.17, 15) is 13.2 Å². The largest absolute Gasteiger partial charge is 0.478 e. The minimum Gasteiger partial charge on any atom is -0.478 e. The van der Waals surface area contributed by atoms with Crippen LogP contribution in [0.3, 0.4) is 0 Å². The number of para-hydroxylation sites is 1. The molecule has 0 aliphatic heterocycles. The van der Waals surface area contributed by atoms with E-state index in [1.165, 1.54) is 6.07 Å². The lowest BCUT2D eigenvalue weighted by Crippen LogP contribution is -2.10. The van der Waals surface area contributed by atoms with Gasteiger partial charge in [-0.1, -0.05) is 12.1 Å². The second kappa shape index (κ2) is 4.52. The molecule has 0 radical (unpaired) electrons. The summed E-state index contributed by atoms with van der Waals surface area (Å²) < 4.78 is 22.0. The molecule has 0 saturated heterocycles. The minimum atomic E-state index is -3.08. The van der Waals surface area contributed by atoms with E-state index in [-0.39, 0.29) is 23.4 Å². The molecule has 1 aromatic carbocycles. The molecule has 0 spiro atoms. The van der Waals surface area contributed by atoms with Crippen molar-refractivity contribution in [1.29, 1.82) is 0 Å². The van der Waals surface area contributed by atoms with Gasteiger partial charge in [0, 0.05) is 11.9 Å². The van der Waals surface area contributed by atoms with Crippen LogP contribution in [-0.4, -0.2) is 31.5 Å². The van der Waals surface area contributed by atoms with Crippen molar-refractivity contribution >= 4 is 21.5 Å². The molecule has 1 rings (SSSR count). The summed E-state index contributed by atoms with van der Waals surface area (Å²) in [5.74, 6) is -1.15. The average Bonchev–Trinajstić information content (AvgIpc) is 2.14. The van der Waals surface area contributed by atoms with Crippen molar-refractivity contribution < 1.29 is 18.3 Å². The van der Waals surface area contributed by atoms with Crippen molar-refractivity contribution in [2.24, 2.45) is 0 Å². The van der Waals surface area contributed by atoms with Crippen LogP contribution in [0.1, 0.15) is 15.9 Å². The number of aromatic carboxylic acids is 1. The molecule has 0 amide bonds. The number of anilines is 1. The Morgan fingerprint density at radius 2 is 2.06 bits per heavy atom. The van der Waals surface area contributed by atoms with Gasteiger partial charge in [0.25, 0.3) is 0 Å². The normalized spacial score (nSPS) is 11.3. The first-order chi connectivity index (χ1) is 7.31. The summed E-state index contributed by atoms with van der Waals surface area (Å²) in [5.41, 5.74) is 6.33. The van der Waals surface area contributed by atoms with Crippen molar-refractivity contribution in [1.82, 2.24) is 0 Å². The Balaban J connectivity index is 2.98. The molecule has 3 N–H and O–H groups in total. The number of sulfone groups is 1. The van der Waals surface area contributed by atoms with Gasteiger partial charge in [0.1, 0.15) is 9.84 Å². The highest BCUT2D eigenvalue weighted by Gasteiger charge is 2.12. The smallest absolute Gasteiger partial charge is 0.337 e. The van der Waals surface area contributed by atoms with E-state index >= 15 is 0 Å². The van der Waals surface area contributed by atoms with Crippen molar-refractivity contribution in [3.63, 3.8) is 0 Å². The van der Waals surface area contributed by atoms with E-state index in [2.05, 4.69) is 0 Å². The number of hydrogen-bond acceptors (Lipinski definition) is 4. The predicted molar refractivity (Wildman–Crippen MR) is 61.2 cm³/mol. The highest BCUT2D eigenvalue weighted by Crippen LogP contribution is 2.18. The zero-order valence-electron chi connectivity index (χ0n) is 8.80. The second-order valence-electron chi connectivity index (χ2n) is 3.56. The van der Waals surface area contributed by atoms with Crippen molar-refractivity contribution in [2.45, 2.75) is 6.42 Å². The number of aryl methyl sites for hydroxylation is 1. The van der Waals surface area contributed by atoms with Gasteiger partial charge in [0.2, 0.25) is 0 Å². The minimum absolute atomic E-state index is 0.00556. The maximum Gasteiger partial charge on any atom is 0.337 e.